The summed E-state index contributed by atoms with van der Waals surface area (Å²) in [7, 11) is 0. The van der Waals surface area contributed by atoms with Crippen molar-refractivity contribution in [2.45, 2.75) is 25.7 Å². The van der Waals surface area contributed by atoms with Gasteiger partial charge in [0.25, 0.3) is 0 Å². The minimum absolute atomic E-state index is 0.0244. The molecule has 1 heterocycles. The van der Waals surface area contributed by atoms with Crippen LogP contribution in [0.25, 0.3) is 0 Å². The maximum absolute atomic E-state index is 11.5. The van der Waals surface area contributed by atoms with Gasteiger partial charge >= 0.3 is 5.97 Å². The molecule has 0 radical (unpaired) electrons. The van der Waals surface area contributed by atoms with Gasteiger partial charge in [0.15, 0.2) is 0 Å². The molecule has 2 heteroatoms. The largest absolute Gasteiger partial charge is 0.465 e. The van der Waals surface area contributed by atoms with Gasteiger partial charge in [-0.3, -0.25) is 4.79 Å². The molecule has 0 bridgehead atoms. The van der Waals surface area contributed by atoms with Crippen molar-refractivity contribution in [3.05, 3.63) is 35.9 Å². The first-order valence-electron chi connectivity index (χ1n) is 5.57. The van der Waals surface area contributed by atoms with Crippen LogP contribution in [0.15, 0.2) is 30.3 Å². The molecule has 15 heavy (non-hydrogen) atoms. The fourth-order valence-corrected chi connectivity index (χ4v) is 2.29. The number of carbonyl (C=O) groups excluding carboxylic acids is 1. The van der Waals surface area contributed by atoms with Crippen LogP contribution in [0.1, 0.15) is 25.8 Å². The van der Waals surface area contributed by atoms with Crippen LogP contribution < -0.4 is 0 Å². The number of rotatable bonds is 1. The monoisotopic (exact) mass is 204 g/mol. The number of esters is 1. The Labute approximate surface area is 90.3 Å². The van der Waals surface area contributed by atoms with Gasteiger partial charge in [-0.15, -0.1) is 0 Å². The van der Waals surface area contributed by atoms with E-state index in [4.69, 9.17) is 4.74 Å². The van der Waals surface area contributed by atoms with Crippen molar-refractivity contribution < 1.29 is 9.53 Å². The van der Waals surface area contributed by atoms with Gasteiger partial charge < -0.3 is 4.74 Å². The highest BCUT2D eigenvalue weighted by atomic mass is 16.5. The van der Waals surface area contributed by atoms with E-state index in [1.54, 1.807) is 0 Å². The zero-order valence-electron chi connectivity index (χ0n) is 9.19. The van der Waals surface area contributed by atoms with Gasteiger partial charge in [-0.1, -0.05) is 44.2 Å². The number of carbonyl (C=O) groups is 1. The Bertz CT molecular complexity index is 358. The lowest BCUT2D eigenvalue weighted by molar-refractivity contribution is -0.142. The molecule has 1 saturated carbocycles. The van der Waals surface area contributed by atoms with Gasteiger partial charge in [0.2, 0.25) is 0 Å². The van der Waals surface area contributed by atoms with Crippen LogP contribution >= 0.6 is 0 Å². The predicted molar refractivity (Wildman–Crippen MR) is 58.5 cm³/mol. The smallest absolute Gasteiger partial charge is 0.317 e. The Morgan fingerprint density at radius 1 is 1.27 bits per heavy atom. The van der Waals surface area contributed by atoms with Crippen LogP contribution in [0.3, 0.4) is 0 Å². The molecule has 1 saturated heterocycles. The number of hydrogen-bond acceptors (Lipinski definition) is 2. The second kappa shape index (κ2) is 3.69. The summed E-state index contributed by atoms with van der Waals surface area (Å²) in [6.07, 6.45) is 0.982. The van der Waals surface area contributed by atoms with Crippen molar-refractivity contribution in [2.24, 2.45) is 5.92 Å². The zero-order chi connectivity index (χ0) is 10.9. The van der Waals surface area contributed by atoms with Gasteiger partial charge in [-0.05, 0) is 12.0 Å². The normalized spacial score (nSPS) is 31.1. The lowest BCUT2D eigenvalue weighted by atomic mass is 9.95. The molecular weight excluding hydrogens is 188 g/mol. The van der Waals surface area contributed by atoms with Crippen LogP contribution in [0, 0.1) is 5.92 Å². The number of hydrogen-bond donors (Lipinski definition) is 0. The van der Waals surface area contributed by atoms with E-state index >= 15 is 0 Å². The molecule has 0 unspecified atom stereocenters. The Kier molecular flexibility index (Phi) is 2.51. The van der Waals surface area contributed by atoms with Crippen molar-refractivity contribution in [1.82, 2.24) is 0 Å². The summed E-state index contributed by atoms with van der Waals surface area (Å²) in [4.78, 5) is 11.5. The Balaban J connectivity index is 0.000000404. The fourth-order valence-electron chi connectivity index (χ4n) is 2.29. The number of cyclic esters (lactones) is 1. The minimum atomic E-state index is -0.249. The molecule has 2 aliphatic rings. The van der Waals surface area contributed by atoms with Gasteiger partial charge in [-0.25, -0.2) is 0 Å². The summed E-state index contributed by atoms with van der Waals surface area (Å²) in [6, 6.07) is 9.97. The third-order valence-electron chi connectivity index (χ3n) is 3.17. The van der Waals surface area contributed by atoms with Gasteiger partial charge in [0.1, 0.15) is 0 Å². The van der Waals surface area contributed by atoms with Crippen molar-refractivity contribution in [3.63, 3.8) is 0 Å². The van der Waals surface area contributed by atoms with Crippen LogP contribution in [0.2, 0.25) is 0 Å². The average Bonchev–Trinajstić information content (AvgIpc) is 2.98. The van der Waals surface area contributed by atoms with E-state index in [0.717, 1.165) is 12.0 Å². The SMILES string of the molecule is CC.O=C1OC[C@@H]2C[C@]12c1ccccc1. The second-order valence-electron chi connectivity index (χ2n) is 3.84. The Morgan fingerprint density at radius 2 is 1.93 bits per heavy atom. The highest BCUT2D eigenvalue weighted by Crippen LogP contribution is 2.58. The first kappa shape index (κ1) is 10.2. The molecule has 0 N–H and O–H groups in total. The zero-order valence-corrected chi connectivity index (χ0v) is 9.19. The maximum Gasteiger partial charge on any atom is 0.317 e. The molecule has 2 nitrogen and oxygen atoms in total. The molecule has 1 aliphatic heterocycles. The summed E-state index contributed by atoms with van der Waals surface area (Å²) in [5.41, 5.74) is 0.879. The van der Waals surface area contributed by atoms with Crippen LogP contribution in [-0.2, 0) is 14.9 Å². The quantitative estimate of drug-likeness (QED) is 0.657. The van der Waals surface area contributed by atoms with Gasteiger partial charge in [0.05, 0.1) is 12.0 Å². The van der Waals surface area contributed by atoms with Gasteiger partial charge in [0, 0.05) is 5.92 Å². The lowest BCUT2D eigenvalue weighted by Gasteiger charge is -2.08. The first-order chi connectivity index (χ1) is 7.34. The van der Waals surface area contributed by atoms with Crippen LogP contribution in [-0.4, -0.2) is 12.6 Å². The molecule has 1 aromatic rings. The standard InChI is InChI=1S/C11H10O2.C2H6/c12-10-11(6-9(11)7-13-10)8-4-2-1-3-5-8;1-2/h1-5,9H,6-7H2;1-2H3/t9-,11+;/m0./s1. The minimum Gasteiger partial charge on any atom is -0.465 e. The summed E-state index contributed by atoms with van der Waals surface area (Å²) < 4.78 is 5.03. The van der Waals surface area contributed by atoms with E-state index < -0.39 is 0 Å². The van der Waals surface area contributed by atoms with Gasteiger partial charge in [-0.2, -0.15) is 0 Å². The molecule has 2 fully saturated rings. The van der Waals surface area contributed by atoms with E-state index in [1.165, 1.54) is 0 Å². The summed E-state index contributed by atoms with van der Waals surface area (Å²) in [5, 5.41) is 0. The van der Waals surface area contributed by atoms with Crippen molar-refractivity contribution in [3.8, 4) is 0 Å². The van der Waals surface area contributed by atoms with Crippen molar-refractivity contribution >= 4 is 5.97 Å². The Morgan fingerprint density at radius 3 is 2.40 bits per heavy atom. The molecule has 3 rings (SSSR count). The Hall–Kier alpha value is -1.31. The number of ether oxygens (including phenoxy) is 1. The van der Waals surface area contributed by atoms with E-state index in [1.807, 2.05) is 44.2 Å². The molecule has 1 aromatic carbocycles. The second-order valence-corrected chi connectivity index (χ2v) is 3.84. The van der Waals surface area contributed by atoms with E-state index in [9.17, 15) is 4.79 Å². The van der Waals surface area contributed by atoms with Crippen molar-refractivity contribution in [2.75, 3.05) is 6.61 Å². The van der Waals surface area contributed by atoms with Crippen LogP contribution in [0.5, 0.6) is 0 Å². The topological polar surface area (TPSA) is 26.3 Å². The highest BCUT2D eigenvalue weighted by Gasteiger charge is 2.66. The lowest BCUT2D eigenvalue weighted by Crippen LogP contribution is -2.18. The summed E-state index contributed by atoms with van der Waals surface area (Å²) >= 11 is 0. The average molecular weight is 204 g/mol. The molecule has 0 amide bonds. The highest BCUT2D eigenvalue weighted by molar-refractivity contribution is 5.89. The van der Waals surface area contributed by atoms with E-state index in [-0.39, 0.29) is 11.4 Å². The maximum atomic E-state index is 11.5. The molecule has 2 atom stereocenters. The number of benzene rings is 1. The number of fused-ring (bicyclic) bond motifs is 1. The molecule has 0 aromatic heterocycles. The van der Waals surface area contributed by atoms with Crippen LogP contribution in [0.4, 0.5) is 0 Å². The van der Waals surface area contributed by atoms with Crippen molar-refractivity contribution in [1.29, 1.82) is 0 Å². The molecular formula is C13H16O2. The summed E-state index contributed by atoms with van der Waals surface area (Å²) in [5.74, 6) is 0.422. The third-order valence-corrected chi connectivity index (χ3v) is 3.17. The molecule has 0 spiro atoms. The summed E-state index contributed by atoms with van der Waals surface area (Å²) in [6.45, 7) is 4.62. The van der Waals surface area contributed by atoms with E-state index in [2.05, 4.69) is 0 Å². The first-order valence-corrected chi connectivity index (χ1v) is 5.57. The van der Waals surface area contributed by atoms with E-state index in [0.29, 0.717) is 12.5 Å². The molecule has 1 aliphatic carbocycles. The molecule has 80 valence electrons. The predicted octanol–water partition coefficient (Wildman–Crippen LogP) is 2.53. The fraction of sp³-hybridized carbons (Fsp3) is 0.462. The third kappa shape index (κ3) is 1.36.